The number of hydrogen-bond acceptors (Lipinski definition) is 1. The maximum absolute atomic E-state index is 13.2. The zero-order valence-electron chi connectivity index (χ0n) is 8.18. The summed E-state index contributed by atoms with van der Waals surface area (Å²) in [6.07, 6.45) is 1.56. The molecule has 2 heteroatoms. The number of nitrogens with two attached hydrogens (primary N) is 1. The summed E-state index contributed by atoms with van der Waals surface area (Å²) in [7, 11) is 0. The van der Waals surface area contributed by atoms with Gasteiger partial charge in [-0.25, -0.2) is 4.39 Å². The van der Waals surface area contributed by atoms with Crippen LogP contribution in [-0.4, -0.2) is 6.04 Å². The van der Waals surface area contributed by atoms with Crippen molar-refractivity contribution in [3.63, 3.8) is 0 Å². The highest BCUT2D eigenvalue weighted by Gasteiger charge is 2.03. The fraction of sp³-hybridized carbons (Fsp3) is 0.455. The van der Waals surface area contributed by atoms with E-state index >= 15 is 0 Å². The quantitative estimate of drug-likeness (QED) is 0.761. The van der Waals surface area contributed by atoms with Gasteiger partial charge in [-0.3, -0.25) is 0 Å². The number of hydrogen-bond donors (Lipinski definition) is 1. The summed E-state index contributed by atoms with van der Waals surface area (Å²) in [6.45, 7) is 3.91. The first-order valence-electron chi connectivity index (χ1n) is 4.60. The van der Waals surface area contributed by atoms with Gasteiger partial charge in [-0.1, -0.05) is 17.7 Å². The monoisotopic (exact) mass is 181 g/mol. The minimum Gasteiger partial charge on any atom is -0.328 e. The summed E-state index contributed by atoms with van der Waals surface area (Å²) in [5, 5.41) is 0. The molecule has 1 nitrogen and oxygen atoms in total. The molecule has 0 spiro atoms. The first-order chi connectivity index (χ1) is 6.09. The third-order valence-electron chi connectivity index (χ3n) is 2.07. The smallest absolute Gasteiger partial charge is 0.126 e. The maximum Gasteiger partial charge on any atom is 0.126 e. The predicted octanol–water partition coefficient (Wildman–Crippen LogP) is 2.41. The van der Waals surface area contributed by atoms with Crippen LogP contribution in [0, 0.1) is 12.7 Å². The number of aryl methyl sites for hydroxylation is 2. The van der Waals surface area contributed by atoms with Crippen LogP contribution in [0.15, 0.2) is 18.2 Å². The summed E-state index contributed by atoms with van der Waals surface area (Å²) in [6, 6.07) is 5.33. The van der Waals surface area contributed by atoms with Crippen LogP contribution in [0.2, 0.25) is 0 Å². The lowest BCUT2D eigenvalue weighted by Crippen LogP contribution is -2.15. The van der Waals surface area contributed by atoms with Gasteiger partial charge in [0, 0.05) is 6.04 Å². The SMILES string of the molecule is Cc1ccc(F)c(CCC(C)N)c1. The van der Waals surface area contributed by atoms with Crippen LogP contribution in [0.3, 0.4) is 0 Å². The average molecular weight is 181 g/mol. The molecule has 2 N–H and O–H groups in total. The van der Waals surface area contributed by atoms with Gasteiger partial charge in [-0.05, 0) is 38.3 Å². The topological polar surface area (TPSA) is 26.0 Å². The van der Waals surface area contributed by atoms with E-state index in [1.165, 1.54) is 6.07 Å². The van der Waals surface area contributed by atoms with Crippen molar-refractivity contribution >= 4 is 0 Å². The summed E-state index contributed by atoms with van der Waals surface area (Å²) >= 11 is 0. The first-order valence-corrected chi connectivity index (χ1v) is 4.60. The molecular formula is C11H16FN. The van der Waals surface area contributed by atoms with Crippen LogP contribution >= 0.6 is 0 Å². The molecule has 0 saturated heterocycles. The van der Waals surface area contributed by atoms with Gasteiger partial charge < -0.3 is 5.73 Å². The summed E-state index contributed by atoms with van der Waals surface area (Å²) < 4.78 is 13.2. The molecule has 0 aliphatic heterocycles. The van der Waals surface area contributed by atoms with Crippen LogP contribution in [-0.2, 0) is 6.42 Å². The second-order valence-corrected chi connectivity index (χ2v) is 3.61. The number of benzene rings is 1. The summed E-state index contributed by atoms with van der Waals surface area (Å²) in [4.78, 5) is 0. The molecule has 0 radical (unpaired) electrons. The molecule has 0 aliphatic rings. The van der Waals surface area contributed by atoms with Crippen LogP contribution < -0.4 is 5.73 Å². The van der Waals surface area contributed by atoms with Crippen LogP contribution in [0.5, 0.6) is 0 Å². The zero-order chi connectivity index (χ0) is 9.84. The third-order valence-corrected chi connectivity index (χ3v) is 2.07. The molecule has 0 bridgehead atoms. The van der Waals surface area contributed by atoms with Gasteiger partial charge in [0.15, 0.2) is 0 Å². The second kappa shape index (κ2) is 4.38. The standard InChI is InChI=1S/C11H16FN/c1-8-3-6-11(12)10(7-8)5-4-9(2)13/h3,6-7,9H,4-5,13H2,1-2H3. The molecule has 72 valence electrons. The lowest BCUT2D eigenvalue weighted by atomic mass is 10.0. The van der Waals surface area contributed by atoms with E-state index in [2.05, 4.69) is 0 Å². The lowest BCUT2D eigenvalue weighted by Gasteiger charge is -2.06. The average Bonchev–Trinajstić information content (AvgIpc) is 2.06. The third kappa shape index (κ3) is 3.15. The van der Waals surface area contributed by atoms with Crippen molar-refractivity contribution in [2.24, 2.45) is 5.73 Å². The summed E-state index contributed by atoms with van der Waals surface area (Å²) in [5.41, 5.74) is 7.48. The van der Waals surface area contributed by atoms with Gasteiger partial charge in [-0.2, -0.15) is 0 Å². The largest absolute Gasteiger partial charge is 0.328 e. The fourth-order valence-electron chi connectivity index (χ4n) is 1.28. The van der Waals surface area contributed by atoms with Crippen molar-refractivity contribution in [2.75, 3.05) is 0 Å². The van der Waals surface area contributed by atoms with E-state index in [1.807, 2.05) is 19.9 Å². The van der Waals surface area contributed by atoms with E-state index < -0.39 is 0 Å². The van der Waals surface area contributed by atoms with Gasteiger partial charge >= 0.3 is 0 Å². The molecule has 0 saturated carbocycles. The Morgan fingerprint density at radius 3 is 2.77 bits per heavy atom. The molecule has 1 atom stereocenters. The molecule has 1 unspecified atom stereocenters. The molecule has 1 aromatic carbocycles. The van der Waals surface area contributed by atoms with Crippen LogP contribution in [0.1, 0.15) is 24.5 Å². The number of rotatable bonds is 3. The van der Waals surface area contributed by atoms with E-state index in [0.717, 1.165) is 24.0 Å². The fourth-order valence-corrected chi connectivity index (χ4v) is 1.28. The molecular weight excluding hydrogens is 165 g/mol. The minimum absolute atomic E-state index is 0.119. The normalized spacial score (nSPS) is 12.9. The van der Waals surface area contributed by atoms with Gasteiger partial charge in [0.2, 0.25) is 0 Å². The summed E-state index contributed by atoms with van der Waals surface area (Å²) in [5.74, 6) is -0.119. The molecule has 13 heavy (non-hydrogen) atoms. The highest BCUT2D eigenvalue weighted by atomic mass is 19.1. The van der Waals surface area contributed by atoms with Gasteiger partial charge in [0.05, 0.1) is 0 Å². The van der Waals surface area contributed by atoms with E-state index in [4.69, 9.17) is 5.73 Å². The molecule has 0 aromatic heterocycles. The van der Waals surface area contributed by atoms with Crippen molar-refractivity contribution in [1.29, 1.82) is 0 Å². The van der Waals surface area contributed by atoms with Crippen molar-refractivity contribution in [1.82, 2.24) is 0 Å². The first kappa shape index (κ1) is 10.2. The van der Waals surface area contributed by atoms with Gasteiger partial charge in [0.25, 0.3) is 0 Å². The Morgan fingerprint density at radius 1 is 1.46 bits per heavy atom. The maximum atomic E-state index is 13.2. The Bertz CT molecular complexity index is 281. The Morgan fingerprint density at radius 2 is 2.15 bits per heavy atom. The van der Waals surface area contributed by atoms with Crippen LogP contribution in [0.25, 0.3) is 0 Å². The van der Waals surface area contributed by atoms with Crippen molar-refractivity contribution < 1.29 is 4.39 Å². The minimum atomic E-state index is -0.119. The molecule has 1 rings (SSSR count). The number of halogens is 1. The molecule has 0 heterocycles. The van der Waals surface area contributed by atoms with Gasteiger partial charge in [0.1, 0.15) is 5.82 Å². The zero-order valence-corrected chi connectivity index (χ0v) is 8.18. The Kier molecular flexibility index (Phi) is 3.43. The van der Waals surface area contributed by atoms with Crippen molar-refractivity contribution in [3.05, 3.63) is 35.1 Å². The van der Waals surface area contributed by atoms with E-state index in [0.29, 0.717) is 0 Å². The molecule has 0 aliphatic carbocycles. The van der Waals surface area contributed by atoms with E-state index in [-0.39, 0.29) is 11.9 Å². The van der Waals surface area contributed by atoms with Gasteiger partial charge in [-0.15, -0.1) is 0 Å². The Labute approximate surface area is 78.8 Å². The highest BCUT2D eigenvalue weighted by Crippen LogP contribution is 2.12. The van der Waals surface area contributed by atoms with Crippen molar-refractivity contribution in [3.8, 4) is 0 Å². The lowest BCUT2D eigenvalue weighted by molar-refractivity contribution is 0.590. The van der Waals surface area contributed by atoms with E-state index in [9.17, 15) is 4.39 Å². The molecule has 0 amide bonds. The molecule has 0 fully saturated rings. The van der Waals surface area contributed by atoms with Crippen molar-refractivity contribution in [2.45, 2.75) is 32.7 Å². The predicted molar refractivity (Wildman–Crippen MR) is 53.1 cm³/mol. The molecule has 1 aromatic rings. The van der Waals surface area contributed by atoms with E-state index in [1.54, 1.807) is 6.07 Å². The second-order valence-electron chi connectivity index (χ2n) is 3.61. The Hall–Kier alpha value is -0.890. The Balaban J connectivity index is 2.70. The van der Waals surface area contributed by atoms with Crippen LogP contribution in [0.4, 0.5) is 4.39 Å². The highest BCUT2D eigenvalue weighted by molar-refractivity contribution is 5.24.